The molecular formula is C11H6BrClF3N. The maximum absolute atomic E-state index is 12.6. The molecule has 6 heteroatoms. The minimum absolute atomic E-state index is 0.0190. The van der Waals surface area contributed by atoms with Gasteiger partial charge in [0.15, 0.2) is 0 Å². The van der Waals surface area contributed by atoms with E-state index in [0.717, 1.165) is 6.07 Å². The van der Waals surface area contributed by atoms with E-state index < -0.39 is 11.7 Å². The van der Waals surface area contributed by atoms with E-state index >= 15 is 0 Å². The Bertz CT molecular complexity index is 514. The van der Waals surface area contributed by atoms with Gasteiger partial charge in [-0.05, 0) is 24.6 Å². The highest BCUT2D eigenvalue weighted by atomic mass is 79.9. The van der Waals surface area contributed by atoms with E-state index in [1.54, 1.807) is 6.07 Å². The largest absolute Gasteiger partial charge is 0.417 e. The van der Waals surface area contributed by atoms with Crippen molar-refractivity contribution < 1.29 is 13.2 Å². The predicted octanol–water partition coefficient (Wildman–Crippen LogP) is 4.96. The molecule has 90 valence electrons. The number of alkyl halides is 3. The van der Waals surface area contributed by atoms with Crippen molar-refractivity contribution in [2.45, 2.75) is 13.1 Å². The number of halogens is 5. The summed E-state index contributed by atoms with van der Waals surface area (Å²) >= 11 is 8.63. The van der Waals surface area contributed by atoms with Gasteiger partial charge in [-0.3, -0.25) is 0 Å². The van der Waals surface area contributed by atoms with Crippen LogP contribution < -0.4 is 0 Å². The van der Waals surface area contributed by atoms with Crippen LogP contribution in [-0.4, -0.2) is 0 Å². The number of hydrogen-bond donors (Lipinski definition) is 0. The fourth-order valence-corrected chi connectivity index (χ4v) is 1.78. The van der Waals surface area contributed by atoms with E-state index in [9.17, 15) is 13.2 Å². The molecule has 0 aliphatic heterocycles. The zero-order chi connectivity index (χ0) is 13.2. The normalized spacial score (nSPS) is 13.0. The van der Waals surface area contributed by atoms with E-state index in [-0.39, 0.29) is 20.6 Å². The Labute approximate surface area is 110 Å². The van der Waals surface area contributed by atoms with Crippen LogP contribution in [0.3, 0.4) is 0 Å². The van der Waals surface area contributed by atoms with Crippen LogP contribution >= 0.6 is 27.5 Å². The third-order valence-corrected chi connectivity index (χ3v) is 3.22. The molecule has 0 heterocycles. The molecule has 17 heavy (non-hydrogen) atoms. The molecule has 0 aliphatic carbocycles. The summed E-state index contributed by atoms with van der Waals surface area (Å²) < 4.78 is 37.8. The van der Waals surface area contributed by atoms with E-state index in [1.807, 2.05) is 0 Å². The first-order valence-electron chi connectivity index (χ1n) is 4.41. The number of allylic oxidation sites excluding steroid dienone is 1. The summed E-state index contributed by atoms with van der Waals surface area (Å²) in [4.78, 5) is 0. The van der Waals surface area contributed by atoms with Crippen molar-refractivity contribution in [3.05, 3.63) is 39.4 Å². The van der Waals surface area contributed by atoms with Crippen molar-refractivity contribution in [1.29, 1.82) is 5.26 Å². The van der Waals surface area contributed by atoms with E-state index in [0.29, 0.717) is 0 Å². The minimum Gasteiger partial charge on any atom is -0.193 e. The van der Waals surface area contributed by atoms with Crippen LogP contribution in [0.2, 0.25) is 0 Å². The molecule has 0 unspecified atom stereocenters. The summed E-state index contributed by atoms with van der Waals surface area (Å²) in [6, 6.07) is 5.37. The van der Waals surface area contributed by atoms with Crippen molar-refractivity contribution >= 4 is 32.6 Å². The Morgan fingerprint density at radius 1 is 1.41 bits per heavy atom. The maximum Gasteiger partial charge on any atom is 0.417 e. The first-order valence-corrected chi connectivity index (χ1v) is 5.58. The van der Waals surface area contributed by atoms with Gasteiger partial charge in [0.1, 0.15) is 0 Å². The van der Waals surface area contributed by atoms with E-state index in [2.05, 4.69) is 15.9 Å². The molecule has 0 bridgehead atoms. The highest BCUT2D eigenvalue weighted by molar-refractivity contribution is 9.10. The third-order valence-electron chi connectivity index (χ3n) is 2.02. The number of benzene rings is 1. The lowest BCUT2D eigenvalue weighted by Crippen LogP contribution is -2.06. The zero-order valence-electron chi connectivity index (χ0n) is 8.57. The van der Waals surface area contributed by atoms with Gasteiger partial charge in [0, 0.05) is 10.0 Å². The average Bonchev–Trinajstić information content (AvgIpc) is 2.26. The first kappa shape index (κ1) is 14.1. The Morgan fingerprint density at radius 2 is 2.00 bits per heavy atom. The van der Waals surface area contributed by atoms with Crippen LogP contribution in [0, 0.1) is 11.3 Å². The molecule has 0 aliphatic rings. The molecule has 0 N–H and O–H groups in total. The van der Waals surface area contributed by atoms with Crippen LogP contribution in [0.4, 0.5) is 13.2 Å². The lowest BCUT2D eigenvalue weighted by Gasteiger charge is -2.11. The highest BCUT2D eigenvalue weighted by Crippen LogP contribution is 2.37. The quantitative estimate of drug-likeness (QED) is 0.670. The lowest BCUT2D eigenvalue weighted by molar-refractivity contribution is -0.138. The van der Waals surface area contributed by atoms with Gasteiger partial charge in [-0.1, -0.05) is 33.6 Å². The molecule has 0 atom stereocenters. The topological polar surface area (TPSA) is 23.8 Å². The molecule has 0 aromatic heterocycles. The summed E-state index contributed by atoms with van der Waals surface area (Å²) in [6.07, 6.45) is -4.47. The Morgan fingerprint density at radius 3 is 2.47 bits per heavy atom. The van der Waals surface area contributed by atoms with Gasteiger partial charge in [-0.2, -0.15) is 18.4 Å². The Kier molecular flexibility index (Phi) is 4.23. The van der Waals surface area contributed by atoms with Gasteiger partial charge in [0.25, 0.3) is 0 Å². The number of nitriles is 1. The molecular weight excluding hydrogens is 318 g/mol. The van der Waals surface area contributed by atoms with Crippen molar-refractivity contribution in [2.24, 2.45) is 0 Å². The van der Waals surface area contributed by atoms with Gasteiger partial charge >= 0.3 is 6.18 Å². The highest BCUT2D eigenvalue weighted by Gasteiger charge is 2.33. The summed E-state index contributed by atoms with van der Waals surface area (Å²) in [5, 5.41) is 8.65. The second-order valence-electron chi connectivity index (χ2n) is 3.24. The molecule has 1 aromatic carbocycles. The molecule has 0 amide bonds. The maximum atomic E-state index is 12.6. The second-order valence-corrected chi connectivity index (χ2v) is 4.48. The lowest BCUT2D eigenvalue weighted by atomic mass is 10.1. The van der Waals surface area contributed by atoms with Crippen molar-refractivity contribution in [3.63, 3.8) is 0 Å². The van der Waals surface area contributed by atoms with Crippen molar-refractivity contribution in [1.82, 2.24) is 0 Å². The molecule has 0 fully saturated rings. The SMILES string of the molecule is C/C(C#N)=C(/Cl)c1ccc(Br)c(C(F)(F)F)c1. The summed E-state index contributed by atoms with van der Waals surface area (Å²) in [5.74, 6) is 0. The van der Waals surface area contributed by atoms with Crippen molar-refractivity contribution in [3.8, 4) is 6.07 Å². The summed E-state index contributed by atoms with van der Waals surface area (Å²) in [5.41, 5.74) is -0.484. The zero-order valence-corrected chi connectivity index (χ0v) is 10.9. The van der Waals surface area contributed by atoms with Gasteiger partial charge in [0.2, 0.25) is 0 Å². The number of rotatable bonds is 1. The van der Waals surface area contributed by atoms with Crippen LogP contribution in [0.5, 0.6) is 0 Å². The van der Waals surface area contributed by atoms with E-state index in [1.165, 1.54) is 19.1 Å². The van der Waals surface area contributed by atoms with Crippen LogP contribution in [-0.2, 0) is 6.18 Å². The van der Waals surface area contributed by atoms with Crippen LogP contribution in [0.1, 0.15) is 18.1 Å². The summed E-state index contributed by atoms with van der Waals surface area (Å²) in [6.45, 7) is 1.44. The predicted molar refractivity (Wildman–Crippen MR) is 63.2 cm³/mol. The summed E-state index contributed by atoms with van der Waals surface area (Å²) in [7, 11) is 0. The molecule has 1 nitrogen and oxygen atoms in total. The van der Waals surface area contributed by atoms with Crippen molar-refractivity contribution in [2.75, 3.05) is 0 Å². The van der Waals surface area contributed by atoms with Crippen LogP contribution in [0.15, 0.2) is 28.2 Å². The third kappa shape index (κ3) is 3.24. The van der Waals surface area contributed by atoms with Gasteiger partial charge in [-0.15, -0.1) is 0 Å². The fraction of sp³-hybridized carbons (Fsp3) is 0.182. The van der Waals surface area contributed by atoms with E-state index in [4.69, 9.17) is 16.9 Å². The molecule has 0 spiro atoms. The number of hydrogen-bond acceptors (Lipinski definition) is 1. The molecule has 0 radical (unpaired) electrons. The van der Waals surface area contributed by atoms with Crippen LogP contribution in [0.25, 0.3) is 5.03 Å². The van der Waals surface area contributed by atoms with Gasteiger partial charge in [-0.25, -0.2) is 0 Å². The fourth-order valence-electron chi connectivity index (χ4n) is 1.14. The average molecular weight is 325 g/mol. The minimum atomic E-state index is -4.47. The number of nitrogens with zero attached hydrogens (tertiary/aromatic N) is 1. The molecule has 0 saturated heterocycles. The second kappa shape index (κ2) is 5.11. The Balaban J connectivity index is 3.39. The smallest absolute Gasteiger partial charge is 0.193 e. The Hall–Kier alpha value is -0.990. The van der Waals surface area contributed by atoms with Gasteiger partial charge < -0.3 is 0 Å². The molecule has 1 aromatic rings. The first-order chi connectivity index (χ1) is 7.77. The standard InChI is InChI=1S/C11H6BrClF3N/c1-6(5-17)10(13)7-2-3-9(12)8(4-7)11(14,15)16/h2-4H,1H3/b10-6-. The monoisotopic (exact) mass is 323 g/mol. The molecule has 1 rings (SSSR count). The van der Waals surface area contributed by atoms with Gasteiger partial charge in [0.05, 0.1) is 16.7 Å². The molecule has 0 saturated carbocycles.